The van der Waals surface area contributed by atoms with Gasteiger partial charge in [-0.15, -0.1) is 0 Å². The number of amides is 1. The second kappa shape index (κ2) is 10.0. The van der Waals surface area contributed by atoms with Crippen LogP contribution in [-0.4, -0.2) is 43.1 Å². The number of anilines is 1. The molecule has 1 aliphatic heterocycles. The minimum absolute atomic E-state index is 0.0570. The molecule has 0 unspecified atom stereocenters. The van der Waals surface area contributed by atoms with E-state index in [0.717, 1.165) is 19.4 Å². The highest BCUT2D eigenvalue weighted by Crippen LogP contribution is 2.17. The van der Waals surface area contributed by atoms with Gasteiger partial charge in [0.15, 0.2) is 11.9 Å². The lowest BCUT2D eigenvalue weighted by molar-refractivity contribution is -0.123. The van der Waals surface area contributed by atoms with Crippen LogP contribution in [0.1, 0.15) is 47.4 Å². The van der Waals surface area contributed by atoms with Crippen LogP contribution in [0.5, 0.6) is 5.75 Å². The molecule has 1 amide bonds. The molecule has 3 rings (SSSR count). The molecule has 0 bridgehead atoms. The van der Waals surface area contributed by atoms with Crippen molar-refractivity contribution in [1.29, 1.82) is 0 Å². The van der Waals surface area contributed by atoms with E-state index in [1.165, 1.54) is 13.8 Å². The lowest BCUT2D eigenvalue weighted by atomic mass is 10.1. The summed E-state index contributed by atoms with van der Waals surface area (Å²) in [7, 11) is 0. The molecule has 0 aromatic heterocycles. The minimum atomic E-state index is -0.986. The number of carbonyl (C=O) groups excluding carboxylic acids is 3. The van der Waals surface area contributed by atoms with Gasteiger partial charge in [-0.1, -0.05) is 0 Å². The zero-order valence-electron chi connectivity index (χ0n) is 17.1. The van der Waals surface area contributed by atoms with Crippen molar-refractivity contribution in [3.05, 3.63) is 59.7 Å². The quantitative estimate of drug-likeness (QED) is 0.527. The predicted octanol–water partition coefficient (Wildman–Crippen LogP) is 3.63. The maximum atomic E-state index is 12.3. The van der Waals surface area contributed by atoms with Crippen LogP contribution >= 0.6 is 0 Å². The van der Waals surface area contributed by atoms with E-state index in [2.05, 4.69) is 5.32 Å². The number of ether oxygens (including phenoxy) is 3. The fraction of sp³-hybridized carbons (Fsp3) is 0.348. The number of nitrogens with one attached hydrogen (secondary N) is 1. The Kier molecular flexibility index (Phi) is 7.19. The van der Waals surface area contributed by atoms with Gasteiger partial charge in [-0.05, 0) is 75.2 Å². The maximum absolute atomic E-state index is 12.3. The van der Waals surface area contributed by atoms with Gasteiger partial charge in [0, 0.05) is 17.9 Å². The highest BCUT2D eigenvalue weighted by Gasteiger charge is 2.20. The van der Waals surface area contributed by atoms with E-state index in [0.29, 0.717) is 29.2 Å². The van der Waals surface area contributed by atoms with Gasteiger partial charge in [-0.2, -0.15) is 0 Å². The summed E-state index contributed by atoms with van der Waals surface area (Å²) >= 11 is 0. The number of rotatable bonds is 8. The van der Waals surface area contributed by atoms with E-state index >= 15 is 0 Å². The molecule has 1 saturated heterocycles. The lowest BCUT2D eigenvalue weighted by Gasteiger charge is -2.14. The summed E-state index contributed by atoms with van der Waals surface area (Å²) in [5.74, 6) is -0.481. The Labute approximate surface area is 175 Å². The second-order valence-corrected chi connectivity index (χ2v) is 7.14. The van der Waals surface area contributed by atoms with Crippen LogP contribution in [0.25, 0.3) is 0 Å². The first-order chi connectivity index (χ1) is 14.4. The summed E-state index contributed by atoms with van der Waals surface area (Å²) in [6.07, 6.45) is 1.17. The smallest absolute Gasteiger partial charge is 0.338 e. The first-order valence-electron chi connectivity index (χ1n) is 9.89. The molecule has 158 valence electrons. The van der Waals surface area contributed by atoms with Gasteiger partial charge in [0.05, 0.1) is 11.7 Å². The highest BCUT2D eigenvalue weighted by atomic mass is 16.5. The van der Waals surface area contributed by atoms with E-state index in [4.69, 9.17) is 14.2 Å². The van der Waals surface area contributed by atoms with E-state index in [1.54, 1.807) is 48.5 Å². The molecule has 1 heterocycles. The molecular formula is C23H25NO6. The van der Waals surface area contributed by atoms with Gasteiger partial charge >= 0.3 is 5.97 Å². The van der Waals surface area contributed by atoms with Crippen molar-refractivity contribution >= 4 is 23.3 Å². The van der Waals surface area contributed by atoms with Crippen molar-refractivity contribution < 1.29 is 28.6 Å². The van der Waals surface area contributed by atoms with Crippen LogP contribution in [-0.2, 0) is 14.3 Å². The number of Topliss-reactive ketones (excluding diaryl/α,β-unsaturated/α-hetero) is 1. The Bertz CT molecular complexity index is 885. The summed E-state index contributed by atoms with van der Waals surface area (Å²) < 4.78 is 16.4. The van der Waals surface area contributed by atoms with Crippen LogP contribution in [0.15, 0.2) is 48.5 Å². The van der Waals surface area contributed by atoms with Crippen molar-refractivity contribution in [2.24, 2.45) is 0 Å². The van der Waals surface area contributed by atoms with E-state index in [1.807, 2.05) is 0 Å². The predicted molar refractivity (Wildman–Crippen MR) is 111 cm³/mol. The Balaban J connectivity index is 1.48. The van der Waals surface area contributed by atoms with E-state index < -0.39 is 18.0 Å². The number of hydrogen-bond donors (Lipinski definition) is 1. The zero-order chi connectivity index (χ0) is 21.5. The summed E-state index contributed by atoms with van der Waals surface area (Å²) in [4.78, 5) is 35.9. The topological polar surface area (TPSA) is 90.9 Å². The minimum Gasteiger partial charge on any atom is -0.491 e. The normalized spacial score (nSPS) is 16.5. The molecule has 2 atom stereocenters. The molecular weight excluding hydrogens is 386 g/mol. The number of ketones is 1. The zero-order valence-corrected chi connectivity index (χ0v) is 17.1. The van der Waals surface area contributed by atoms with Crippen molar-refractivity contribution in [2.45, 2.75) is 38.9 Å². The Morgan fingerprint density at radius 2 is 1.73 bits per heavy atom. The van der Waals surface area contributed by atoms with Crippen molar-refractivity contribution in [3.8, 4) is 5.75 Å². The van der Waals surface area contributed by atoms with Crippen molar-refractivity contribution in [2.75, 3.05) is 18.5 Å². The average molecular weight is 411 g/mol. The molecule has 0 spiro atoms. The molecule has 7 nitrogen and oxygen atoms in total. The van der Waals surface area contributed by atoms with Crippen molar-refractivity contribution in [3.63, 3.8) is 0 Å². The fourth-order valence-corrected chi connectivity index (χ4v) is 2.97. The molecule has 1 aliphatic rings. The molecule has 7 heteroatoms. The van der Waals surface area contributed by atoms with E-state index in [9.17, 15) is 14.4 Å². The Morgan fingerprint density at radius 3 is 2.33 bits per heavy atom. The third-order valence-corrected chi connectivity index (χ3v) is 4.76. The molecule has 0 radical (unpaired) electrons. The van der Waals surface area contributed by atoms with Gasteiger partial charge in [-0.25, -0.2) is 4.79 Å². The third-order valence-electron chi connectivity index (χ3n) is 4.76. The summed E-state index contributed by atoms with van der Waals surface area (Å²) in [5.41, 5.74) is 1.39. The lowest BCUT2D eigenvalue weighted by Crippen LogP contribution is -2.30. The summed E-state index contributed by atoms with van der Waals surface area (Å²) in [6.45, 7) is 4.22. The SMILES string of the molecule is CC(=O)c1ccc(NC(=O)[C@@H](C)OC(=O)c2ccc(OC[C@H]3CCCO3)cc2)cc1. The monoisotopic (exact) mass is 411 g/mol. The van der Waals surface area contributed by atoms with Crippen LogP contribution in [0.4, 0.5) is 5.69 Å². The second-order valence-electron chi connectivity index (χ2n) is 7.14. The molecule has 1 N–H and O–H groups in total. The first-order valence-corrected chi connectivity index (χ1v) is 9.89. The molecule has 2 aromatic carbocycles. The summed E-state index contributed by atoms with van der Waals surface area (Å²) in [6, 6.07) is 13.1. The van der Waals surface area contributed by atoms with Crippen molar-refractivity contribution in [1.82, 2.24) is 0 Å². The van der Waals surface area contributed by atoms with Gasteiger partial charge in [0.2, 0.25) is 0 Å². The highest BCUT2D eigenvalue weighted by molar-refractivity contribution is 5.98. The largest absolute Gasteiger partial charge is 0.491 e. The Hall–Kier alpha value is -3.19. The summed E-state index contributed by atoms with van der Waals surface area (Å²) in [5, 5.41) is 2.66. The van der Waals surface area contributed by atoms with Crippen LogP contribution < -0.4 is 10.1 Å². The Morgan fingerprint density at radius 1 is 1.07 bits per heavy atom. The average Bonchev–Trinajstić information content (AvgIpc) is 3.26. The number of esters is 1. The molecule has 2 aromatic rings. The number of hydrogen-bond acceptors (Lipinski definition) is 6. The molecule has 0 saturated carbocycles. The van der Waals surface area contributed by atoms with Gasteiger partial charge in [-0.3, -0.25) is 9.59 Å². The molecule has 30 heavy (non-hydrogen) atoms. The fourth-order valence-electron chi connectivity index (χ4n) is 2.97. The van der Waals surface area contributed by atoms with Crippen LogP contribution in [0, 0.1) is 0 Å². The van der Waals surface area contributed by atoms with Crippen LogP contribution in [0.2, 0.25) is 0 Å². The van der Waals surface area contributed by atoms with Gasteiger partial charge in [0.25, 0.3) is 5.91 Å². The number of benzene rings is 2. The molecule has 1 fully saturated rings. The molecule has 0 aliphatic carbocycles. The third kappa shape index (κ3) is 5.90. The maximum Gasteiger partial charge on any atom is 0.338 e. The number of carbonyl (C=O) groups is 3. The van der Waals surface area contributed by atoms with Gasteiger partial charge < -0.3 is 19.5 Å². The van der Waals surface area contributed by atoms with E-state index in [-0.39, 0.29) is 11.9 Å². The standard InChI is InChI=1S/C23H25NO6/c1-15(25)17-5-9-19(10-6-17)24-22(26)16(2)30-23(27)18-7-11-20(12-8-18)29-14-21-4-3-13-28-21/h5-12,16,21H,3-4,13-14H2,1-2H3,(H,24,26)/t16-,21-/m1/s1. The first kappa shape index (κ1) is 21.5. The van der Waals surface area contributed by atoms with Gasteiger partial charge in [0.1, 0.15) is 12.4 Å². The van der Waals surface area contributed by atoms with Crippen LogP contribution in [0.3, 0.4) is 0 Å².